The lowest BCUT2D eigenvalue weighted by molar-refractivity contribution is -0.118. The molecular formula is C20H22ClNO6S. The molecule has 29 heavy (non-hydrogen) atoms. The van der Waals surface area contributed by atoms with Gasteiger partial charge in [0.15, 0.2) is 6.61 Å². The lowest BCUT2D eigenvalue weighted by Crippen LogP contribution is -2.21. The minimum atomic E-state index is -0.628. The van der Waals surface area contributed by atoms with Crippen molar-refractivity contribution in [2.45, 2.75) is 27.7 Å². The molecular weight excluding hydrogens is 418 g/mol. The Morgan fingerprint density at radius 3 is 2.28 bits per heavy atom. The molecule has 1 aromatic heterocycles. The van der Waals surface area contributed by atoms with Crippen molar-refractivity contribution >= 4 is 45.8 Å². The number of rotatable bonds is 7. The number of nitrogens with one attached hydrogen (secondary N) is 1. The first-order valence-corrected chi connectivity index (χ1v) is 9.97. The van der Waals surface area contributed by atoms with Crippen LogP contribution in [-0.4, -0.2) is 38.2 Å². The number of benzene rings is 1. The zero-order valence-corrected chi connectivity index (χ0v) is 18.4. The maximum Gasteiger partial charge on any atom is 0.348 e. The molecule has 0 aliphatic carbocycles. The molecule has 0 spiro atoms. The first-order valence-electron chi connectivity index (χ1n) is 8.77. The van der Waals surface area contributed by atoms with Gasteiger partial charge >= 0.3 is 11.9 Å². The van der Waals surface area contributed by atoms with Crippen molar-refractivity contribution in [3.63, 3.8) is 0 Å². The monoisotopic (exact) mass is 439 g/mol. The number of hydrogen-bond donors (Lipinski definition) is 1. The number of halogens is 1. The molecule has 0 aliphatic heterocycles. The lowest BCUT2D eigenvalue weighted by Gasteiger charge is -2.10. The highest BCUT2D eigenvalue weighted by Gasteiger charge is 2.27. The molecule has 2 aromatic rings. The average molecular weight is 440 g/mol. The minimum Gasteiger partial charge on any atom is -0.484 e. The highest BCUT2D eigenvalue weighted by Crippen LogP contribution is 2.34. The molecule has 1 amide bonds. The maximum atomic E-state index is 12.4. The number of aryl methyl sites for hydroxylation is 2. The Bertz CT molecular complexity index is 930. The van der Waals surface area contributed by atoms with E-state index in [0.717, 1.165) is 22.5 Å². The van der Waals surface area contributed by atoms with Gasteiger partial charge in [0, 0.05) is 5.02 Å². The first kappa shape index (κ1) is 22.7. The van der Waals surface area contributed by atoms with Crippen LogP contribution >= 0.6 is 22.9 Å². The second-order valence-corrected chi connectivity index (χ2v) is 7.58. The zero-order valence-electron chi connectivity index (χ0n) is 16.8. The van der Waals surface area contributed by atoms with Crippen molar-refractivity contribution in [3.05, 3.63) is 44.3 Å². The van der Waals surface area contributed by atoms with E-state index in [-0.39, 0.29) is 28.7 Å². The van der Waals surface area contributed by atoms with E-state index in [4.69, 9.17) is 25.8 Å². The number of carbonyl (C=O) groups excluding carboxylic acids is 3. The Kier molecular flexibility index (Phi) is 7.64. The Morgan fingerprint density at radius 1 is 1.10 bits per heavy atom. The summed E-state index contributed by atoms with van der Waals surface area (Å²) in [5.41, 5.74) is 2.19. The summed E-state index contributed by atoms with van der Waals surface area (Å²) in [4.78, 5) is 36.9. The van der Waals surface area contributed by atoms with Crippen LogP contribution in [-0.2, 0) is 14.3 Å². The smallest absolute Gasteiger partial charge is 0.348 e. The standard InChI is InChI=1S/C20H22ClNO6S/c1-6-27-19(24)15-12(4)17(20(25)26-5)29-18(15)22-14(23)9-28-13-7-10(2)16(21)11(3)8-13/h7-8H,6,9H2,1-5H3,(H,22,23). The fourth-order valence-electron chi connectivity index (χ4n) is 2.64. The predicted molar refractivity (Wildman–Crippen MR) is 111 cm³/mol. The van der Waals surface area contributed by atoms with E-state index in [0.29, 0.717) is 16.3 Å². The van der Waals surface area contributed by atoms with Crippen molar-refractivity contribution in [2.75, 3.05) is 25.6 Å². The third-order valence-electron chi connectivity index (χ3n) is 4.03. The molecule has 0 radical (unpaired) electrons. The summed E-state index contributed by atoms with van der Waals surface area (Å²) >= 11 is 7.08. The van der Waals surface area contributed by atoms with Crippen LogP contribution in [0.25, 0.3) is 0 Å². The summed E-state index contributed by atoms with van der Waals surface area (Å²) in [5, 5.41) is 3.47. The van der Waals surface area contributed by atoms with Gasteiger partial charge in [0.25, 0.3) is 5.91 Å². The molecule has 0 atom stereocenters. The number of amides is 1. The molecule has 7 nitrogen and oxygen atoms in total. The van der Waals surface area contributed by atoms with Crippen molar-refractivity contribution in [3.8, 4) is 5.75 Å². The van der Waals surface area contributed by atoms with Gasteiger partial charge < -0.3 is 19.5 Å². The van der Waals surface area contributed by atoms with Crippen LogP contribution in [0.5, 0.6) is 5.75 Å². The van der Waals surface area contributed by atoms with Gasteiger partial charge in [0.1, 0.15) is 15.6 Å². The fourth-order valence-corrected chi connectivity index (χ4v) is 3.88. The molecule has 0 bridgehead atoms. The van der Waals surface area contributed by atoms with E-state index in [1.54, 1.807) is 26.0 Å². The number of carbonyl (C=O) groups is 3. The van der Waals surface area contributed by atoms with E-state index in [1.807, 2.05) is 13.8 Å². The van der Waals surface area contributed by atoms with Crippen LogP contribution in [0, 0.1) is 20.8 Å². The summed E-state index contributed by atoms with van der Waals surface area (Å²) in [7, 11) is 1.24. The Hall–Kier alpha value is -2.58. The first-order chi connectivity index (χ1) is 13.7. The minimum absolute atomic E-state index is 0.129. The maximum absolute atomic E-state index is 12.4. The summed E-state index contributed by atoms with van der Waals surface area (Å²) in [5.74, 6) is -1.21. The summed E-state index contributed by atoms with van der Waals surface area (Å²) < 4.78 is 15.3. The average Bonchev–Trinajstić information content (AvgIpc) is 2.99. The van der Waals surface area contributed by atoms with Crippen LogP contribution < -0.4 is 10.1 Å². The second-order valence-electron chi connectivity index (χ2n) is 6.18. The van der Waals surface area contributed by atoms with E-state index >= 15 is 0 Å². The molecule has 2 rings (SSSR count). The van der Waals surface area contributed by atoms with Crippen molar-refractivity contribution < 1.29 is 28.6 Å². The van der Waals surface area contributed by atoms with Crippen molar-refractivity contribution in [2.24, 2.45) is 0 Å². The summed E-state index contributed by atoms with van der Waals surface area (Å²) in [6.45, 7) is 6.83. The molecule has 1 N–H and O–H groups in total. The number of esters is 2. The van der Waals surface area contributed by atoms with Crippen LogP contribution in [0.4, 0.5) is 5.00 Å². The molecule has 0 saturated heterocycles. The normalized spacial score (nSPS) is 10.4. The largest absolute Gasteiger partial charge is 0.484 e. The van der Waals surface area contributed by atoms with Gasteiger partial charge in [0.2, 0.25) is 0 Å². The van der Waals surface area contributed by atoms with Gasteiger partial charge in [0.05, 0.1) is 19.3 Å². The van der Waals surface area contributed by atoms with E-state index in [1.165, 1.54) is 7.11 Å². The van der Waals surface area contributed by atoms with Crippen LogP contribution in [0.15, 0.2) is 12.1 Å². The summed E-state index contributed by atoms with van der Waals surface area (Å²) in [6.07, 6.45) is 0. The van der Waals surface area contributed by atoms with Gasteiger partial charge in [-0.2, -0.15) is 0 Å². The number of hydrogen-bond acceptors (Lipinski definition) is 7. The van der Waals surface area contributed by atoms with Crippen molar-refractivity contribution in [1.29, 1.82) is 0 Å². The number of anilines is 1. The third kappa shape index (κ3) is 5.27. The number of ether oxygens (including phenoxy) is 3. The molecule has 9 heteroatoms. The molecule has 0 aliphatic rings. The highest BCUT2D eigenvalue weighted by molar-refractivity contribution is 7.18. The summed E-state index contributed by atoms with van der Waals surface area (Å²) in [6, 6.07) is 3.47. The molecule has 1 aromatic carbocycles. The van der Waals surface area contributed by atoms with E-state index in [9.17, 15) is 14.4 Å². The van der Waals surface area contributed by atoms with E-state index < -0.39 is 17.8 Å². The van der Waals surface area contributed by atoms with E-state index in [2.05, 4.69) is 5.32 Å². The number of thiophene rings is 1. The number of methoxy groups -OCH3 is 1. The fraction of sp³-hybridized carbons (Fsp3) is 0.350. The lowest BCUT2D eigenvalue weighted by atomic mass is 10.1. The molecule has 0 saturated carbocycles. The highest BCUT2D eigenvalue weighted by atomic mass is 35.5. The van der Waals surface area contributed by atoms with Crippen LogP contribution in [0.2, 0.25) is 5.02 Å². The molecule has 1 heterocycles. The molecule has 0 unspecified atom stereocenters. The third-order valence-corrected chi connectivity index (χ3v) is 5.81. The quantitative estimate of drug-likeness (QED) is 0.646. The van der Waals surface area contributed by atoms with Crippen LogP contribution in [0.1, 0.15) is 43.6 Å². The van der Waals surface area contributed by atoms with Gasteiger partial charge in [-0.15, -0.1) is 11.3 Å². The Balaban J connectivity index is 2.20. The SMILES string of the molecule is CCOC(=O)c1c(NC(=O)COc2cc(C)c(Cl)c(C)c2)sc(C(=O)OC)c1C. The topological polar surface area (TPSA) is 90.9 Å². The van der Waals surface area contributed by atoms with Gasteiger partial charge in [-0.1, -0.05) is 11.6 Å². The van der Waals surface area contributed by atoms with Gasteiger partial charge in [-0.3, -0.25) is 4.79 Å². The second kappa shape index (κ2) is 9.76. The van der Waals surface area contributed by atoms with Crippen molar-refractivity contribution in [1.82, 2.24) is 0 Å². The van der Waals surface area contributed by atoms with Gasteiger partial charge in [-0.25, -0.2) is 9.59 Å². The van der Waals surface area contributed by atoms with Crippen LogP contribution in [0.3, 0.4) is 0 Å². The Morgan fingerprint density at radius 2 is 1.72 bits per heavy atom. The van der Waals surface area contributed by atoms with Gasteiger partial charge in [-0.05, 0) is 56.5 Å². The Labute approximate surface area is 177 Å². The molecule has 156 valence electrons. The zero-order chi connectivity index (χ0) is 21.7. The predicted octanol–water partition coefficient (Wildman–Crippen LogP) is 4.31. The molecule has 0 fully saturated rings.